The van der Waals surface area contributed by atoms with Gasteiger partial charge in [0.05, 0.1) is 27.7 Å². The summed E-state index contributed by atoms with van der Waals surface area (Å²) in [5.74, 6) is -0.847. The van der Waals surface area contributed by atoms with Crippen molar-refractivity contribution >= 4 is 19.8 Å². The summed E-state index contributed by atoms with van der Waals surface area (Å²) in [7, 11) is 1.16. The smallest absolute Gasteiger partial charge is 0.306 e. The normalized spacial score (nSPS) is 13.8. The van der Waals surface area contributed by atoms with Crippen LogP contribution in [0.2, 0.25) is 0 Å². The Hall–Kier alpha value is -1.51. The first-order chi connectivity index (χ1) is 25.5. The average Bonchev–Trinajstić information content (AvgIpc) is 3.10. The SMILES string of the molecule is CCCCCC/C=C/CCCCCCCCCC(=O)O[C@H](COC(=O)CCCCCCC/C=C/CCCCCCC)COP(=O)([O-])OCC[N+](C)(C)C. The van der Waals surface area contributed by atoms with E-state index in [0.717, 1.165) is 64.2 Å². The van der Waals surface area contributed by atoms with Gasteiger partial charge in [-0.3, -0.25) is 14.2 Å². The van der Waals surface area contributed by atoms with E-state index in [2.05, 4.69) is 38.2 Å². The van der Waals surface area contributed by atoms with E-state index < -0.39 is 32.5 Å². The number of phosphoric ester groups is 1. The molecule has 0 N–H and O–H groups in total. The molecule has 0 saturated carbocycles. The van der Waals surface area contributed by atoms with Crippen LogP contribution >= 0.6 is 7.82 Å². The number of nitrogens with zero attached hydrogens (tertiary/aromatic N) is 1. The number of esters is 2. The minimum Gasteiger partial charge on any atom is -0.756 e. The largest absolute Gasteiger partial charge is 0.756 e. The molecule has 0 aromatic heterocycles. The number of hydrogen-bond acceptors (Lipinski definition) is 8. The third-order valence-electron chi connectivity index (χ3n) is 9.19. The van der Waals surface area contributed by atoms with E-state index in [9.17, 15) is 19.0 Å². The Labute approximate surface area is 326 Å². The molecule has 0 aromatic rings. The second-order valence-electron chi connectivity index (χ2n) is 15.7. The first-order valence-electron chi connectivity index (χ1n) is 21.5. The molecule has 0 spiro atoms. The fourth-order valence-corrected chi connectivity index (χ4v) is 6.49. The van der Waals surface area contributed by atoms with Crippen LogP contribution in [-0.4, -0.2) is 70.0 Å². The number of ether oxygens (including phenoxy) is 2. The van der Waals surface area contributed by atoms with Crippen LogP contribution in [0, 0.1) is 0 Å². The summed E-state index contributed by atoms with van der Waals surface area (Å²) in [6.07, 6.45) is 37.7. The predicted molar refractivity (Wildman–Crippen MR) is 218 cm³/mol. The molecule has 0 aliphatic heterocycles. The molecular formula is C43H82NO8P. The summed E-state index contributed by atoms with van der Waals surface area (Å²) in [5.41, 5.74) is 0. The molecule has 0 radical (unpaired) electrons. The van der Waals surface area contributed by atoms with Gasteiger partial charge in [0.15, 0.2) is 6.10 Å². The summed E-state index contributed by atoms with van der Waals surface area (Å²) < 4.78 is 33.8. The number of hydrogen-bond donors (Lipinski definition) is 0. The van der Waals surface area contributed by atoms with Gasteiger partial charge in [0.1, 0.15) is 19.8 Å². The van der Waals surface area contributed by atoms with E-state index in [1.165, 1.54) is 89.9 Å². The van der Waals surface area contributed by atoms with E-state index in [1.807, 2.05) is 21.1 Å². The number of allylic oxidation sites excluding steroid dienone is 4. The quantitative estimate of drug-likeness (QED) is 0.0200. The van der Waals surface area contributed by atoms with Gasteiger partial charge < -0.3 is 27.9 Å². The Morgan fingerprint density at radius 2 is 0.962 bits per heavy atom. The van der Waals surface area contributed by atoms with Crippen molar-refractivity contribution in [2.24, 2.45) is 0 Å². The molecule has 0 heterocycles. The molecule has 0 aromatic carbocycles. The van der Waals surface area contributed by atoms with Crippen LogP contribution in [0.4, 0.5) is 0 Å². The molecule has 0 aliphatic rings. The van der Waals surface area contributed by atoms with Crippen molar-refractivity contribution in [3.63, 3.8) is 0 Å². The number of carbonyl (C=O) groups excluding carboxylic acids is 2. The second kappa shape index (κ2) is 36.1. The van der Waals surface area contributed by atoms with Crippen molar-refractivity contribution in [3.05, 3.63) is 24.3 Å². The first-order valence-corrected chi connectivity index (χ1v) is 23.0. The molecule has 0 saturated heterocycles. The van der Waals surface area contributed by atoms with Gasteiger partial charge in [0.25, 0.3) is 7.82 Å². The van der Waals surface area contributed by atoms with E-state index >= 15 is 0 Å². The molecule has 53 heavy (non-hydrogen) atoms. The summed E-state index contributed by atoms with van der Waals surface area (Å²) in [4.78, 5) is 37.5. The lowest BCUT2D eigenvalue weighted by atomic mass is 10.1. The van der Waals surface area contributed by atoms with Gasteiger partial charge in [-0.1, -0.05) is 134 Å². The van der Waals surface area contributed by atoms with Gasteiger partial charge in [-0.05, 0) is 64.2 Å². The molecule has 0 aliphatic carbocycles. The Bertz CT molecular complexity index is 964. The minimum atomic E-state index is -4.62. The number of likely N-dealkylation sites (N-methyl/N-ethyl adjacent to an activating group) is 1. The standard InChI is InChI=1S/C43H82NO8P/c1-6-8-10-12-14-16-18-20-22-24-26-28-30-32-34-36-43(46)52-41(40-51-53(47,48)50-38-37-44(3,4)5)39-49-42(45)35-33-31-29-27-25-23-21-19-17-15-13-11-9-7-2/h16,18-19,21,41H,6-15,17,20,22-40H2,1-5H3/b18-16+,21-19+/t41-/m1/s1. The Kier molecular flexibility index (Phi) is 35.1. The lowest BCUT2D eigenvalue weighted by Crippen LogP contribution is -2.37. The van der Waals surface area contributed by atoms with E-state index in [4.69, 9.17) is 18.5 Å². The zero-order valence-corrected chi connectivity index (χ0v) is 35.9. The molecule has 10 heteroatoms. The van der Waals surface area contributed by atoms with E-state index in [1.54, 1.807) is 0 Å². The number of rotatable bonds is 39. The van der Waals surface area contributed by atoms with Crippen molar-refractivity contribution < 1.29 is 42.1 Å². The highest BCUT2D eigenvalue weighted by atomic mass is 31.2. The third kappa shape index (κ3) is 40.0. The van der Waals surface area contributed by atoms with Crippen LogP contribution in [0.1, 0.15) is 187 Å². The summed E-state index contributed by atoms with van der Waals surface area (Å²) in [6, 6.07) is 0. The Balaban J connectivity index is 4.39. The maximum Gasteiger partial charge on any atom is 0.306 e. The predicted octanol–water partition coefficient (Wildman–Crippen LogP) is 11.3. The van der Waals surface area contributed by atoms with Crippen LogP contribution in [0.15, 0.2) is 24.3 Å². The Morgan fingerprint density at radius 3 is 1.42 bits per heavy atom. The van der Waals surface area contributed by atoms with Gasteiger partial charge >= 0.3 is 11.9 Å². The first kappa shape index (κ1) is 51.5. The fraction of sp³-hybridized carbons (Fsp3) is 0.860. The summed E-state index contributed by atoms with van der Waals surface area (Å²) in [5, 5.41) is 0. The molecule has 0 rings (SSSR count). The van der Waals surface area contributed by atoms with Gasteiger partial charge in [-0.15, -0.1) is 0 Å². The van der Waals surface area contributed by atoms with Crippen LogP contribution in [0.5, 0.6) is 0 Å². The van der Waals surface area contributed by atoms with Crippen molar-refractivity contribution in [3.8, 4) is 0 Å². The average molecular weight is 772 g/mol. The number of quaternary nitrogens is 1. The molecule has 0 amide bonds. The molecular weight excluding hydrogens is 689 g/mol. The number of unbranched alkanes of at least 4 members (excludes halogenated alkanes) is 21. The highest BCUT2D eigenvalue weighted by molar-refractivity contribution is 7.45. The van der Waals surface area contributed by atoms with Crippen LogP contribution < -0.4 is 4.89 Å². The zero-order valence-electron chi connectivity index (χ0n) is 35.0. The third-order valence-corrected chi connectivity index (χ3v) is 10.2. The maximum absolute atomic E-state index is 12.6. The molecule has 1 unspecified atom stereocenters. The second-order valence-corrected chi connectivity index (χ2v) is 17.1. The van der Waals surface area contributed by atoms with Crippen LogP contribution in [0.3, 0.4) is 0 Å². The highest BCUT2D eigenvalue weighted by Gasteiger charge is 2.21. The number of carbonyl (C=O) groups is 2. The Morgan fingerprint density at radius 1 is 0.566 bits per heavy atom. The van der Waals surface area contributed by atoms with Crippen LogP contribution in [0.25, 0.3) is 0 Å². The zero-order chi connectivity index (χ0) is 39.3. The minimum absolute atomic E-state index is 0.0319. The van der Waals surface area contributed by atoms with Crippen molar-refractivity contribution in [2.45, 2.75) is 193 Å². The monoisotopic (exact) mass is 772 g/mol. The van der Waals surface area contributed by atoms with Gasteiger partial charge in [-0.25, -0.2) is 0 Å². The van der Waals surface area contributed by atoms with E-state index in [0.29, 0.717) is 17.4 Å². The van der Waals surface area contributed by atoms with Crippen molar-refractivity contribution in [1.29, 1.82) is 0 Å². The molecule has 0 fully saturated rings. The van der Waals surface area contributed by atoms with Gasteiger partial charge in [0, 0.05) is 12.8 Å². The molecule has 9 nitrogen and oxygen atoms in total. The molecule has 0 bridgehead atoms. The number of phosphoric acid groups is 1. The van der Waals surface area contributed by atoms with Gasteiger partial charge in [-0.2, -0.15) is 0 Å². The summed E-state index contributed by atoms with van der Waals surface area (Å²) >= 11 is 0. The van der Waals surface area contributed by atoms with E-state index in [-0.39, 0.29) is 26.1 Å². The summed E-state index contributed by atoms with van der Waals surface area (Å²) in [6.45, 7) is 4.19. The lowest BCUT2D eigenvalue weighted by molar-refractivity contribution is -0.870. The maximum atomic E-state index is 12.6. The fourth-order valence-electron chi connectivity index (χ4n) is 5.76. The highest BCUT2D eigenvalue weighted by Crippen LogP contribution is 2.38. The van der Waals surface area contributed by atoms with Crippen molar-refractivity contribution in [1.82, 2.24) is 0 Å². The lowest BCUT2D eigenvalue weighted by Gasteiger charge is -2.28. The van der Waals surface area contributed by atoms with Crippen molar-refractivity contribution in [2.75, 3.05) is 47.5 Å². The van der Waals surface area contributed by atoms with Gasteiger partial charge in [0.2, 0.25) is 0 Å². The topological polar surface area (TPSA) is 111 Å². The molecule has 312 valence electrons. The molecule has 2 atom stereocenters. The van der Waals surface area contributed by atoms with Crippen LogP contribution in [-0.2, 0) is 32.7 Å².